The smallest absolute Gasteiger partial charge is 0.263 e. The number of carbonyl (C=O) groups excluding carboxylic acids is 1. The van der Waals surface area contributed by atoms with E-state index < -0.39 is 0 Å². The summed E-state index contributed by atoms with van der Waals surface area (Å²) in [7, 11) is 0. The molecule has 0 spiro atoms. The largest absolute Gasteiger partial charge is 0.507 e. The van der Waals surface area contributed by atoms with Gasteiger partial charge in [-0.3, -0.25) is 14.2 Å². The van der Waals surface area contributed by atoms with Gasteiger partial charge in [0, 0.05) is 18.0 Å². The molecular formula is C25H29N3O4S2. The first-order valence-corrected chi connectivity index (χ1v) is 13.6. The number of thiophene rings is 1. The molecule has 2 N–H and O–H groups in total. The molecule has 1 aromatic carbocycles. The number of nitrogens with zero attached hydrogens (tertiary/aromatic N) is 2. The van der Waals surface area contributed by atoms with E-state index in [0.717, 1.165) is 65.6 Å². The molecule has 1 fully saturated rings. The third kappa shape index (κ3) is 4.61. The first-order valence-electron chi connectivity index (χ1n) is 11.8. The number of ether oxygens (including phenoxy) is 1. The highest BCUT2D eigenvalue weighted by molar-refractivity contribution is 7.99. The number of aryl methyl sites for hydroxylation is 4. The number of fused-ring (bicyclic) bond motifs is 3. The molecule has 0 radical (unpaired) electrons. The number of thioether (sulfide) groups is 1. The van der Waals surface area contributed by atoms with E-state index in [-0.39, 0.29) is 29.1 Å². The number of aromatic nitrogens is 2. The van der Waals surface area contributed by atoms with Crippen LogP contribution in [0.3, 0.4) is 0 Å². The minimum atomic E-state index is -0.125. The maximum atomic E-state index is 13.5. The zero-order valence-corrected chi connectivity index (χ0v) is 21.1. The lowest BCUT2D eigenvalue weighted by Crippen LogP contribution is -2.30. The molecule has 3 aromatic rings. The van der Waals surface area contributed by atoms with Crippen molar-refractivity contribution in [2.24, 2.45) is 0 Å². The normalized spacial score (nSPS) is 17.4. The quantitative estimate of drug-likeness (QED) is 0.379. The van der Waals surface area contributed by atoms with E-state index in [4.69, 9.17) is 9.72 Å². The van der Waals surface area contributed by atoms with Gasteiger partial charge in [-0.2, -0.15) is 0 Å². The van der Waals surface area contributed by atoms with E-state index >= 15 is 0 Å². The molecule has 0 bridgehead atoms. The van der Waals surface area contributed by atoms with Gasteiger partial charge in [-0.15, -0.1) is 11.3 Å². The number of amides is 1. The van der Waals surface area contributed by atoms with Gasteiger partial charge in [-0.1, -0.05) is 23.9 Å². The average molecular weight is 500 g/mol. The number of carbonyl (C=O) groups is 1. The van der Waals surface area contributed by atoms with Gasteiger partial charge in [0.05, 0.1) is 23.8 Å². The van der Waals surface area contributed by atoms with Gasteiger partial charge in [0.15, 0.2) is 5.16 Å². The third-order valence-corrected chi connectivity index (χ3v) is 8.74. The fourth-order valence-corrected chi connectivity index (χ4v) is 6.99. The van der Waals surface area contributed by atoms with Gasteiger partial charge in [-0.05, 0) is 68.2 Å². The van der Waals surface area contributed by atoms with E-state index in [9.17, 15) is 14.7 Å². The van der Waals surface area contributed by atoms with Gasteiger partial charge >= 0.3 is 0 Å². The molecule has 5 rings (SSSR count). The maximum absolute atomic E-state index is 13.5. The number of benzene rings is 1. The molecule has 3 heterocycles. The third-order valence-electron chi connectivity index (χ3n) is 6.57. The minimum absolute atomic E-state index is 0.00199. The topological polar surface area (TPSA) is 93.5 Å². The fraction of sp³-hybridized carbons (Fsp3) is 0.480. The van der Waals surface area contributed by atoms with Crippen molar-refractivity contribution in [2.75, 3.05) is 12.4 Å². The minimum Gasteiger partial charge on any atom is -0.507 e. The number of nitrogens with one attached hydrogen (secondary N) is 1. The molecule has 1 amide bonds. The number of hydrogen-bond acceptors (Lipinski definition) is 7. The number of phenols is 1. The van der Waals surface area contributed by atoms with Crippen LogP contribution in [0.4, 0.5) is 0 Å². The second-order valence-electron chi connectivity index (χ2n) is 9.13. The van der Waals surface area contributed by atoms with E-state index in [1.807, 2.05) is 26.0 Å². The van der Waals surface area contributed by atoms with Gasteiger partial charge in [-0.25, -0.2) is 4.98 Å². The van der Waals surface area contributed by atoms with Crippen molar-refractivity contribution < 1.29 is 14.6 Å². The molecule has 1 saturated heterocycles. The van der Waals surface area contributed by atoms with E-state index in [2.05, 4.69) is 5.32 Å². The van der Waals surface area contributed by atoms with E-state index in [1.165, 1.54) is 22.2 Å². The molecule has 2 aromatic heterocycles. The van der Waals surface area contributed by atoms with Crippen LogP contribution in [0.25, 0.3) is 10.2 Å². The van der Waals surface area contributed by atoms with E-state index in [0.29, 0.717) is 18.2 Å². The van der Waals surface area contributed by atoms with Crippen LogP contribution in [0.5, 0.6) is 5.75 Å². The lowest BCUT2D eigenvalue weighted by molar-refractivity contribution is -0.118. The summed E-state index contributed by atoms with van der Waals surface area (Å²) in [5.41, 5.74) is 3.69. The van der Waals surface area contributed by atoms with Crippen molar-refractivity contribution in [3.63, 3.8) is 0 Å². The number of hydrogen-bond donors (Lipinski definition) is 2. The lowest BCUT2D eigenvalue weighted by Gasteiger charge is -2.16. The Bertz CT molecular complexity index is 1280. The summed E-state index contributed by atoms with van der Waals surface area (Å²) in [5, 5.41) is 14.2. The van der Waals surface area contributed by atoms with Gasteiger partial charge in [0.2, 0.25) is 5.91 Å². The lowest BCUT2D eigenvalue weighted by atomic mass is 10.1. The van der Waals surface area contributed by atoms with Crippen molar-refractivity contribution in [1.29, 1.82) is 0 Å². The number of aromatic hydroxyl groups is 1. The molecule has 180 valence electrons. The fourth-order valence-electron chi connectivity index (χ4n) is 4.85. The SMILES string of the molecule is Cc1cc(CNC(=O)CSc2nc3sc4c(c3c(=O)n2C[C@@H]2CCCO2)CCC4)cc(C)c1O. The summed E-state index contributed by atoms with van der Waals surface area (Å²) in [6.45, 7) is 5.28. The Kier molecular flexibility index (Phi) is 6.68. The standard InChI is InChI=1S/C25H29N3O4S2/c1-14-9-16(10-15(2)22(14)30)11-26-20(29)13-33-25-27-23-21(18-6-3-7-19(18)34-23)24(31)28(25)12-17-5-4-8-32-17/h9-10,17,30H,3-8,11-13H2,1-2H3,(H,26,29)/t17-/m0/s1. The molecule has 9 heteroatoms. The molecule has 34 heavy (non-hydrogen) atoms. The van der Waals surface area contributed by atoms with Crippen molar-refractivity contribution in [3.05, 3.63) is 49.6 Å². The van der Waals surface area contributed by atoms with Gasteiger partial charge < -0.3 is 15.2 Å². The van der Waals surface area contributed by atoms with Crippen LogP contribution in [0, 0.1) is 13.8 Å². The second kappa shape index (κ2) is 9.71. The Morgan fingerprint density at radius 2 is 2.09 bits per heavy atom. The number of phenolic OH excluding ortho intramolecular Hbond substituents is 1. The Balaban J connectivity index is 1.34. The predicted octanol–water partition coefficient (Wildman–Crippen LogP) is 3.86. The molecule has 7 nitrogen and oxygen atoms in total. The Morgan fingerprint density at radius 3 is 2.82 bits per heavy atom. The Morgan fingerprint density at radius 1 is 1.29 bits per heavy atom. The monoisotopic (exact) mass is 499 g/mol. The Labute approximate surface area is 206 Å². The van der Waals surface area contributed by atoms with Crippen molar-refractivity contribution in [2.45, 2.75) is 70.3 Å². The van der Waals surface area contributed by atoms with Crippen molar-refractivity contribution >= 4 is 39.2 Å². The van der Waals surface area contributed by atoms with Crippen LogP contribution in [-0.4, -0.2) is 39.0 Å². The summed E-state index contributed by atoms with van der Waals surface area (Å²) in [4.78, 5) is 33.1. The molecule has 1 aliphatic heterocycles. The van der Waals surface area contributed by atoms with Gasteiger partial charge in [0.1, 0.15) is 10.6 Å². The summed E-state index contributed by atoms with van der Waals surface area (Å²) in [6, 6.07) is 3.75. The van der Waals surface area contributed by atoms with Crippen LogP contribution in [0.2, 0.25) is 0 Å². The van der Waals surface area contributed by atoms with Crippen LogP contribution >= 0.6 is 23.1 Å². The highest BCUT2D eigenvalue weighted by Gasteiger charge is 2.25. The summed E-state index contributed by atoms with van der Waals surface area (Å²) in [6.07, 6.45) is 5.00. The molecular weight excluding hydrogens is 470 g/mol. The second-order valence-corrected chi connectivity index (χ2v) is 11.2. The van der Waals surface area contributed by atoms with Gasteiger partial charge in [0.25, 0.3) is 5.56 Å². The zero-order valence-electron chi connectivity index (χ0n) is 19.5. The molecule has 1 atom stereocenters. The molecule has 2 aliphatic rings. The van der Waals surface area contributed by atoms with E-state index in [1.54, 1.807) is 15.9 Å². The zero-order chi connectivity index (χ0) is 23.8. The first kappa shape index (κ1) is 23.4. The van der Waals surface area contributed by atoms with Crippen LogP contribution in [-0.2, 0) is 35.5 Å². The summed E-state index contributed by atoms with van der Waals surface area (Å²) >= 11 is 2.92. The molecule has 1 aliphatic carbocycles. The highest BCUT2D eigenvalue weighted by Crippen LogP contribution is 2.35. The Hall–Kier alpha value is -2.36. The van der Waals surface area contributed by atoms with Crippen molar-refractivity contribution in [1.82, 2.24) is 14.9 Å². The first-order chi connectivity index (χ1) is 16.4. The van der Waals surface area contributed by atoms with Crippen LogP contribution in [0.15, 0.2) is 22.1 Å². The summed E-state index contributed by atoms with van der Waals surface area (Å²) in [5.74, 6) is 0.334. The predicted molar refractivity (Wildman–Crippen MR) is 135 cm³/mol. The average Bonchev–Trinajstić information content (AvgIpc) is 3.54. The maximum Gasteiger partial charge on any atom is 0.263 e. The van der Waals surface area contributed by atoms with Crippen LogP contribution in [0.1, 0.15) is 46.4 Å². The summed E-state index contributed by atoms with van der Waals surface area (Å²) < 4.78 is 7.53. The molecule has 0 saturated carbocycles. The highest BCUT2D eigenvalue weighted by atomic mass is 32.2. The van der Waals surface area contributed by atoms with Crippen molar-refractivity contribution in [3.8, 4) is 5.75 Å². The molecule has 0 unspecified atom stereocenters. The number of rotatable bonds is 7. The van der Waals surface area contributed by atoms with Crippen LogP contribution < -0.4 is 10.9 Å².